The fourth-order valence-corrected chi connectivity index (χ4v) is 1.89. The summed E-state index contributed by atoms with van der Waals surface area (Å²) in [5, 5.41) is 9.32. The van der Waals surface area contributed by atoms with Gasteiger partial charge in [-0.1, -0.05) is 6.07 Å². The van der Waals surface area contributed by atoms with Crippen LogP contribution in [0.25, 0.3) is 0 Å². The fourth-order valence-electron chi connectivity index (χ4n) is 1.89. The van der Waals surface area contributed by atoms with E-state index in [2.05, 4.69) is 10.9 Å². The van der Waals surface area contributed by atoms with Gasteiger partial charge in [-0.05, 0) is 17.7 Å². The minimum absolute atomic E-state index is 0.120. The third-order valence-electron chi connectivity index (χ3n) is 2.68. The highest BCUT2D eigenvalue weighted by Gasteiger charge is 2.24. The van der Waals surface area contributed by atoms with Crippen molar-refractivity contribution < 1.29 is 14.6 Å². The molecular weight excluding hydrogens is 196 g/mol. The van der Waals surface area contributed by atoms with Crippen molar-refractivity contribution in [2.75, 3.05) is 6.79 Å². The first kappa shape index (κ1) is 8.96. The second-order valence-electron chi connectivity index (χ2n) is 3.71. The van der Waals surface area contributed by atoms with Crippen molar-refractivity contribution in [1.82, 2.24) is 10.9 Å². The second kappa shape index (κ2) is 3.37. The molecule has 2 unspecified atom stereocenters. The van der Waals surface area contributed by atoms with Crippen LogP contribution in [0.15, 0.2) is 18.2 Å². The third kappa shape index (κ3) is 1.54. The molecule has 0 aromatic heterocycles. The molecule has 2 aliphatic rings. The predicted molar refractivity (Wildman–Crippen MR) is 52.2 cm³/mol. The molecule has 5 nitrogen and oxygen atoms in total. The van der Waals surface area contributed by atoms with Crippen molar-refractivity contribution in [3.8, 4) is 11.5 Å². The van der Waals surface area contributed by atoms with Crippen LogP contribution in [0.3, 0.4) is 0 Å². The Bertz CT molecular complexity index is 383. The van der Waals surface area contributed by atoms with Crippen molar-refractivity contribution in [3.05, 3.63) is 23.8 Å². The van der Waals surface area contributed by atoms with Gasteiger partial charge in [-0.25, -0.2) is 10.9 Å². The summed E-state index contributed by atoms with van der Waals surface area (Å²) in [7, 11) is 0. The van der Waals surface area contributed by atoms with E-state index in [0.29, 0.717) is 6.42 Å². The summed E-state index contributed by atoms with van der Waals surface area (Å²) in [5.74, 6) is 1.56. The highest BCUT2D eigenvalue weighted by atomic mass is 16.7. The van der Waals surface area contributed by atoms with E-state index < -0.39 is 6.23 Å². The van der Waals surface area contributed by atoms with E-state index in [-0.39, 0.29) is 12.8 Å². The number of aliphatic hydroxyl groups excluding tert-OH is 1. The molecule has 3 N–H and O–H groups in total. The molecule has 0 spiro atoms. The topological polar surface area (TPSA) is 62.8 Å². The average molecular weight is 208 g/mol. The van der Waals surface area contributed by atoms with Crippen LogP contribution < -0.4 is 20.3 Å². The molecule has 1 saturated heterocycles. The molecule has 1 aromatic carbocycles. The normalized spacial score (nSPS) is 28.3. The van der Waals surface area contributed by atoms with Crippen LogP contribution >= 0.6 is 0 Å². The number of ether oxygens (including phenoxy) is 2. The molecule has 15 heavy (non-hydrogen) atoms. The molecule has 2 aliphatic heterocycles. The van der Waals surface area contributed by atoms with E-state index in [4.69, 9.17) is 9.47 Å². The lowest BCUT2D eigenvalue weighted by atomic mass is 10.0. The first-order valence-corrected chi connectivity index (χ1v) is 4.91. The van der Waals surface area contributed by atoms with Gasteiger partial charge >= 0.3 is 0 Å². The van der Waals surface area contributed by atoms with Gasteiger partial charge in [0.25, 0.3) is 0 Å². The van der Waals surface area contributed by atoms with Crippen molar-refractivity contribution in [1.29, 1.82) is 0 Å². The number of hydrazine groups is 1. The van der Waals surface area contributed by atoms with E-state index in [1.165, 1.54) is 0 Å². The molecule has 0 radical (unpaired) electrons. The molecule has 0 aliphatic carbocycles. The number of nitrogens with one attached hydrogen (secondary N) is 2. The van der Waals surface area contributed by atoms with Gasteiger partial charge in [0.2, 0.25) is 6.79 Å². The first-order chi connectivity index (χ1) is 7.33. The lowest BCUT2D eigenvalue weighted by Gasteiger charge is -2.09. The van der Waals surface area contributed by atoms with Crippen LogP contribution in [0.2, 0.25) is 0 Å². The van der Waals surface area contributed by atoms with Gasteiger partial charge in [0, 0.05) is 6.42 Å². The molecule has 1 aromatic rings. The number of rotatable bonds is 1. The maximum absolute atomic E-state index is 9.32. The molecule has 5 heteroatoms. The van der Waals surface area contributed by atoms with Gasteiger partial charge in [-0.3, -0.25) is 0 Å². The van der Waals surface area contributed by atoms with Crippen LogP contribution in [0, 0.1) is 0 Å². The zero-order chi connectivity index (χ0) is 10.3. The van der Waals surface area contributed by atoms with E-state index in [0.717, 1.165) is 17.1 Å². The maximum Gasteiger partial charge on any atom is 0.231 e. The number of hydrogen-bond acceptors (Lipinski definition) is 5. The fraction of sp³-hybridized carbons (Fsp3) is 0.400. The van der Waals surface area contributed by atoms with Crippen molar-refractivity contribution >= 4 is 0 Å². The Balaban J connectivity index is 1.87. The molecular formula is C10H12N2O3. The Morgan fingerprint density at radius 2 is 2.07 bits per heavy atom. The summed E-state index contributed by atoms with van der Waals surface area (Å²) in [6, 6.07) is 5.93. The van der Waals surface area contributed by atoms with Crippen molar-refractivity contribution in [2.45, 2.75) is 18.7 Å². The van der Waals surface area contributed by atoms with E-state index in [1.807, 2.05) is 18.2 Å². The molecule has 1 fully saturated rings. The molecule has 0 saturated carbocycles. The highest BCUT2D eigenvalue weighted by Crippen LogP contribution is 2.35. The minimum atomic E-state index is -0.486. The summed E-state index contributed by atoms with van der Waals surface area (Å²) >= 11 is 0. The Morgan fingerprint density at radius 1 is 1.20 bits per heavy atom. The number of fused-ring (bicyclic) bond motifs is 1. The van der Waals surface area contributed by atoms with Gasteiger partial charge in [-0.15, -0.1) is 0 Å². The zero-order valence-corrected chi connectivity index (χ0v) is 8.06. The van der Waals surface area contributed by atoms with Crippen LogP contribution in [0.1, 0.15) is 18.0 Å². The number of hydrogen-bond donors (Lipinski definition) is 3. The minimum Gasteiger partial charge on any atom is -0.454 e. The standard InChI is InChI=1S/C10H12N2O3/c13-10-4-7(11-12-10)6-1-2-8-9(3-6)15-5-14-8/h1-3,7,10-13H,4-5H2. The molecule has 2 heterocycles. The Labute approximate surface area is 87.0 Å². The highest BCUT2D eigenvalue weighted by molar-refractivity contribution is 5.45. The summed E-state index contributed by atoms with van der Waals surface area (Å²) in [4.78, 5) is 0. The van der Waals surface area contributed by atoms with E-state index >= 15 is 0 Å². The first-order valence-electron chi connectivity index (χ1n) is 4.91. The SMILES string of the molecule is OC1CC(c2ccc3c(c2)OCO3)NN1. The van der Waals surface area contributed by atoms with Crippen LogP contribution in [-0.4, -0.2) is 18.1 Å². The van der Waals surface area contributed by atoms with Crippen LogP contribution in [0.5, 0.6) is 11.5 Å². The number of benzene rings is 1. The van der Waals surface area contributed by atoms with E-state index in [1.54, 1.807) is 0 Å². The van der Waals surface area contributed by atoms with Gasteiger partial charge in [0.15, 0.2) is 11.5 Å². The maximum atomic E-state index is 9.32. The summed E-state index contributed by atoms with van der Waals surface area (Å²) in [6.45, 7) is 0.289. The van der Waals surface area contributed by atoms with Gasteiger partial charge < -0.3 is 14.6 Å². The van der Waals surface area contributed by atoms with Gasteiger partial charge in [0.05, 0.1) is 6.04 Å². The Hall–Kier alpha value is -1.30. The Kier molecular flexibility index (Phi) is 2.02. The van der Waals surface area contributed by atoms with Gasteiger partial charge in [-0.2, -0.15) is 0 Å². The van der Waals surface area contributed by atoms with Crippen molar-refractivity contribution in [3.63, 3.8) is 0 Å². The largest absolute Gasteiger partial charge is 0.454 e. The Morgan fingerprint density at radius 3 is 2.87 bits per heavy atom. The monoisotopic (exact) mass is 208 g/mol. The number of aliphatic hydroxyl groups is 1. The average Bonchev–Trinajstić information content (AvgIpc) is 2.84. The molecule has 3 rings (SSSR count). The second-order valence-corrected chi connectivity index (χ2v) is 3.71. The van der Waals surface area contributed by atoms with Crippen LogP contribution in [0.4, 0.5) is 0 Å². The van der Waals surface area contributed by atoms with Crippen molar-refractivity contribution in [2.24, 2.45) is 0 Å². The lowest BCUT2D eigenvalue weighted by Crippen LogP contribution is -2.30. The molecule has 2 atom stereocenters. The predicted octanol–water partition coefficient (Wildman–Crippen LogP) is 0.273. The third-order valence-corrected chi connectivity index (χ3v) is 2.68. The lowest BCUT2D eigenvalue weighted by molar-refractivity contribution is 0.153. The summed E-state index contributed by atoms with van der Waals surface area (Å²) in [6.07, 6.45) is 0.167. The smallest absolute Gasteiger partial charge is 0.231 e. The van der Waals surface area contributed by atoms with E-state index in [9.17, 15) is 5.11 Å². The van der Waals surface area contributed by atoms with Crippen LogP contribution in [-0.2, 0) is 0 Å². The molecule has 0 bridgehead atoms. The summed E-state index contributed by atoms with van der Waals surface area (Å²) < 4.78 is 10.5. The quantitative estimate of drug-likeness (QED) is 0.618. The molecule has 0 amide bonds. The zero-order valence-electron chi connectivity index (χ0n) is 8.06. The molecule has 80 valence electrons. The summed E-state index contributed by atoms with van der Waals surface area (Å²) in [5.41, 5.74) is 6.87. The van der Waals surface area contributed by atoms with Gasteiger partial charge in [0.1, 0.15) is 6.23 Å².